The zero-order valence-electron chi connectivity index (χ0n) is 18.4. The van der Waals surface area contributed by atoms with Gasteiger partial charge in [0.05, 0.1) is 12.6 Å². The van der Waals surface area contributed by atoms with E-state index in [2.05, 4.69) is 11.6 Å². The first-order valence-electron chi connectivity index (χ1n) is 10.9. The number of carbonyl (C=O) groups excluding carboxylic acids is 2. The minimum atomic E-state index is -0.874. The zero-order chi connectivity index (χ0) is 24.1. The summed E-state index contributed by atoms with van der Waals surface area (Å²) in [6, 6.07) is 11.0. The molecule has 0 bridgehead atoms. The molecular formula is C26H24FN3O4. The van der Waals surface area contributed by atoms with Gasteiger partial charge in [0.25, 0.3) is 5.91 Å². The van der Waals surface area contributed by atoms with E-state index in [1.165, 1.54) is 17.0 Å². The number of halogens is 1. The molecule has 7 nitrogen and oxygen atoms in total. The molecular weight excluding hydrogens is 437 g/mol. The van der Waals surface area contributed by atoms with Gasteiger partial charge in [0.2, 0.25) is 12.1 Å². The van der Waals surface area contributed by atoms with Crippen molar-refractivity contribution in [3.63, 3.8) is 0 Å². The number of H-pyrrole nitrogens is 1. The number of ether oxygens (including phenoxy) is 1. The SMILES string of the molecule is C=CCOc1cccc(C2C(=C([O-])c3ccc(F)cc3)C(=O)C(=O)N2CCC[n+]2cc[nH]c2)c1. The van der Waals surface area contributed by atoms with Gasteiger partial charge in [0.1, 0.15) is 30.6 Å². The molecule has 3 aromatic rings. The van der Waals surface area contributed by atoms with Gasteiger partial charge < -0.3 is 14.7 Å². The number of amides is 1. The largest absolute Gasteiger partial charge is 0.872 e. The van der Waals surface area contributed by atoms with E-state index >= 15 is 0 Å². The van der Waals surface area contributed by atoms with Crippen LogP contribution < -0.4 is 14.4 Å². The number of carbonyl (C=O) groups is 2. The first-order valence-corrected chi connectivity index (χ1v) is 10.9. The van der Waals surface area contributed by atoms with Gasteiger partial charge >= 0.3 is 0 Å². The average Bonchev–Trinajstić information content (AvgIpc) is 3.45. The summed E-state index contributed by atoms with van der Waals surface area (Å²) < 4.78 is 20.9. The summed E-state index contributed by atoms with van der Waals surface area (Å²) in [4.78, 5) is 30.5. The summed E-state index contributed by atoms with van der Waals surface area (Å²) in [6.45, 7) is 4.81. The number of aromatic nitrogens is 2. The second kappa shape index (κ2) is 10.2. The van der Waals surface area contributed by atoms with Crippen LogP contribution in [0.1, 0.15) is 23.6 Å². The van der Waals surface area contributed by atoms with Crippen LogP contribution in [0.15, 0.2) is 85.5 Å². The summed E-state index contributed by atoms with van der Waals surface area (Å²) in [5, 5.41) is 13.3. The number of nitrogens with one attached hydrogen (secondary N) is 1. The van der Waals surface area contributed by atoms with E-state index in [4.69, 9.17) is 4.74 Å². The summed E-state index contributed by atoms with van der Waals surface area (Å²) in [6.07, 6.45) is 7.63. The third-order valence-corrected chi connectivity index (χ3v) is 5.60. The lowest BCUT2D eigenvalue weighted by Gasteiger charge is -2.27. The predicted octanol–water partition coefficient (Wildman–Crippen LogP) is 2.32. The second-order valence-corrected chi connectivity index (χ2v) is 7.85. The van der Waals surface area contributed by atoms with Crippen molar-refractivity contribution in [2.45, 2.75) is 19.0 Å². The minimum Gasteiger partial charge on any atom is -0.872 e. The fraction of sp³-hybridized carbons (Fsp3) is 0.192. The number of hydrogen-bond donors (Lipinski definition) is 1. The Kier molecular flexibility index (Phi) is 6.87. The lowest BCUT2D eigenvalue weighted by atomic mass is 9.95. The van der Waals surface area contributed by atoms with Gasteiger partial charge in [-0.25, -0.2) is 8.96 Å². The van der Waals surface area contributed by atoms with Crippen molar-refractivity contribution >= 4 is 17.4 Å². The number of hydrogen-bond acceptors (Lipinski definition) is 4. The van der Waals surface area contributed by atoms with E-state index < -0.39 is 29.3 Å². The summed E-state index contributed by atoms with van der Waals surface area (Å²) >= 11 is 0. The molecule has 0 radical (unpaired) electrons. The Hall–Kier alpha value is -4.20. The number of ketones is 1. The van der Waals surface area contributed by atoms with Crippen molar-refractivity contribution < 1.29 is 28.4 Å². The lowest BCUT2D eigenvalue weighted by Crippen LogP contribution is -2.36. The standard InChI is InChI=1S/C26H24FN3O4/c1-2-15-34-21-6-3-5-19(16-21)23-22(24(31)18-7-9-20(27)10-8-18)25(32)26(33)30(23)13-4-12-29-14-11-28-17-29/h2-3,5-11,14,16-17,23H,1,4,12-13,15H2,(H,31,32). The Morgan fingerprint density at radius 2 is 2.03 bits per heavy atom. The van der Waals surface area contributed by atoms with Crippen molar-refractivity contribution in [2.24, 2.45) is 0 Å². The van der Waals surface area contributed by atoms with Crippen LogP contribution in [0.4, 0.5) is 4.39 Å². The highest BCUT2D eigenvalue weighted by Crippen LogP contribution is 2.39. The fourth-order valence-corrected chi connectivity index (χ4v) is 4.02. The first kappa shape index (κ1) is 23.0. The molecule has 0 saturated carbocycles. The first-order chi connectivity index (χ1) is 16.5. The van der Waals surface area contributed by atoms with Crippen LogP contribution >= 0.6 is 0 Å². The molecule has 1 aromatic heterocycles. The third kappa shape index (κ3) is 4.76. The molecule has 8 heteroatoms. The Balaban J connectivity index is 1.73. The van der Waals surface area contributed by atoms with Crippen LogP contribution in [-0.4, -0.2) is 34.7 Å². The van der Waals surface area contributed by atoms with Gasteiger partial charge in [-0.3, -0.25) is 14.6 Å². The number of Topliss-reactive ketones (excluding diaryl/α,β-unsaturated/α-hetero) is 1. The van der Waals surface area contributed by atoms with Gasteiger partial charge in [-0.2, -0.15) is 0 Å². The summed E-state index contributed by atoms with van der Waals surface area (Å²) in [5.74, 6) is -2.13. The highest BCUT2D eigenvalue weighted by Gasteiger charge is 2.44. The summed E-state index contributed by atoms with van der Waals surface area (Å²) in [5.41, 5.74) is 0.582. The third-order valence-electron chi connectivity index (χ3n) is 5.60. The molecule has 0 spiro atoms. The molecule has 4 rings (SSSR count). The van der Waals surface area contributed by atoms with Crippen LogP contribution in [0, 0.1) is 5.82 Å². The van der Waals surface area contributed by atoms with Crippen molar-refractivity contribution in [3.05, 3.63) is 102 Å². The van der Waals surface area contributed by atoms with Crippen molar-refractivity contribution in [2.75, 3.05) is 13.2 Å². The molecule has 1 saturated heterocycles. The van der Waals surface area contributed by atoms with E-state index in [1.807, 2.05) is 10.8 Å². The van der Waals surface area contributed by atoms with Gasteiger partial charge in [-0.15, -0.1) is 0 Å². The van der Waals surface area contributed by atoms with E-state index in [9.17, 15) is 19.1 Å². The highest BCUT2D eigenvalue weighted by atomic mass is 19.1. The van der Waals surface area contributed by atoms with Crippen molar-refractivity contribution in [1.29, 1.82) is 0 Å². The van der Waals surface area contributed by atoms with Crippen LogP contribution in [0.2, 0.25) is 0 Å². The minimum absolute atomic E-state index is 0.145. The molecule has 1 amide bonds. The molecule has 1 unspecified atom stereocenters. The van der Waals surface area contributed by atoms with Crippen LogP contribution in [0.5, 0.6) is 5.75 Å². The molecule has 1 atom stereocenters. The van der Waals surface area contributed by atoms with Crippen LogP contribution in [0.25, 0.3) is 5.76 Å². The van der Waals surface area contributed by atoms with Gasteiger partial charge in [0.15, 0.2) is 0 Å². The number of aromatic amines is 1. The lowest BCUT2D eigenvalue weighted by molar-refractivity contribution is -0.695. The number of imidazole rings is 1. The number of benzene rings is 2. The maximum Gasteiger partial charge on any atom is 0.295 e. The number of rotatable bonds is 9. The maximum absolute atomic E-state index is 13.4. The van der Waals surface area contributed by atoms with Crippen LogP contribution in [0.3, 0.4) is 0 Å². The summed E-state index contributed by atoms with van der Waals surface area (Å²) in [7, 11) is 0. The maximum atomic E-state index is 13.4. The normalized spacial score (nSPS) is 17.2. The Labute approximate surface area is 196 Å². The van der Waals surface area contributed by atoms with Crippen LogP contribution in [-0.2, 0) is 16.1 Å². The fourth-order valence-electron chi connectivity index (χ4n) is 4.02. The topological polar surface area (TPSA) is 89.3 Å². The van der Waals surface area contributed by atoms with Gasteiger partial charge in [-0.1, -0.05) is 42.7 Å². The molecule has 2 heterocycles. The van der Waals surface area contributed by atoms with Gasteiger partial charge in [0, 0.05) is 18.5 Å². The molecule has 0 aliphatic carbocycles. The molecule has 1 N–H and O–H groups in total. The Morgan fingerprint density at radius 1 is 1.24 bits per heavy atom. The van der Waals surface area contributed by atoms with E-state index in [1.54, 1.807) is 42.9 Å². The van der Waals surface area contributed by atoms with E-state index in [-0.39, 0.29) is 24.3 Å². The number of aryl methyl sites for hydroxylation is 1. The van der Waals surface area contributed by atoms with Gasteiger partial charge in [-0.05, 0) is 35.4 Å². The number of likely N-dealkylation sites (tertiary alicyclic amines) is 1. The van der Waals surface area contributed by atoms with Crippen molar-refractivity contribution in [3.8, 4) is 5.75 Å². The van der Waals surface area contributed by atoms with Crippen molar-refractivity contribution in [1.82, 2.24) is 9.88 Å². The zero-order valence-corrected chi connectivity index (χ0v) is 18.4. The monoisotopic (exact) mass is 461 g/mol. The molecule has 34 heavy (non-hydrogen) atoms. The average molecular weight is 461 g/mol. The molecule has 1 fully saturated rings. The Morgan fingerprint density at radius 3 is 2.74 bits per heavy atom. The molecule has 174 valence electrons. The number of nitrogens with zero attached hydrogens (tertiary/aromatic N) is 2. The van der Waals surface area contributed by atoms with E-state index in [0.717, 1.165) is 12.1 Å². The smallest absolute Gasteiger partial charge is 0.295 e. The Bertz CT molecular complexity index is 1220. The molecule has 1 aliphatic rings. The molecule has 2 aromatic carbocycles. The highest BCUT2D eigenvalue weighted by molar-refractivity contribution is 6.46. The predicted molar refractivity (Wildman–Crippen MR) is 121 cm³/mol. The quantitative estimate of drug-likeness (QED) is 0.174. The second-order valence-electron chi connectivity index (χ2n) is 7.85. The van der Waals surface area contributed by atoms with E-state index in [0.29, 0.717) is 24.3 Å². The molecule has 1 aliphatic heterocycles.